The summed E-state index contributed by atoms with van der Waals surface area (Å²) in [6.07, 6.45) is 10.4. The van der Waals surface area contributed by atoms with Gasteiger partial charge in [-0.1, -0.05) is 0 Å². The number of aromatic amines is 1. The molecule has 0 radical (unpaired) electrons. The summed E-state index contributed by atoms with van der Waals surface area (Å²) in [7, 11) is 0. The molecule has 142 valence electrons. The maximum absolute atomic E-state index is 13.0. The number of hydrogen-bond donors (Lipinski definition) is 2. The third-order valence-corrected chi connectivity index (χ3v) is 5.57. The van der Waals surface area contributed by atoms with Crippen LogP contribution in [0.3, 0.4) is 0 Å². The van der Waals surface area contributed by atoms with Crippen molar-refractivity contribution >= 4 is 5.91 Å². The highest BCUT2D eigenvalue weighted by atomic mass is 16.1. The van der Waals surface area contributed by atoms with Crippen LogP contribution in [0.5, 0.6) is 0 Å². The first-order valence-electron chi connectivity index (χ1n) is 9.82. The molecule has 1 atom stereocenters. The molecule has 2 aliphatic rings. The van der Waals surface area contributed by atoms with Gasteiger partial charge in [0.2, 0.25) is 0 Å². The van der Waals surface area contributed by atoms with Crippen LogP contribution in [0.4, 0.5) is 0 Å². The predicted molar refractivity (Wildman–Crippen MR) is 104 cm³/mol. The van der Waals surface area contributed by atoms with Crippen LogP contribution in [0.1, 0.15) is 70.6 Å². The number of H-pyrrole nitrogens is 1. The zero-order valence-electron chi connectivity index (χ0n) is 15.8. The van der Waals surface area contributed by atoms with Crippen LogP contribution in [-0.2, 0) is 6.42 Å². The SMILES string of the molecule is Cc1[nH]nc(C2CC2)c1C(=O)N[C@H]1CCCc2nc(-c3cccnc3)ncc21. The Balaban J connectivity index is 1.41. The molecule has 7 nitrogen and oxygen atoms in total. The second-order valence-electron chi connectivity index (χ2n) is 7.64. The molecule has 0 aliphatic heterocycles. The van der Waals surface area contributed by atoms with Crippen molar-refractivity contribution in [1.82, 2.24) is 30.5 Å². The summed E-state index contributed by atoms with van der Waals surface area (Å²) in [4.78, 5) is 26.5. The molecule has 5 rings (SSSR count). The zero-order valence-corrected chi connectivity index (χ0v) is 15.8. The molecule has 28 heavy (non-hydrogen) atoms. The van der Waals surface area contributed by atoms with Crippen LogP contribution >= 0.6 is 0 Å². The lowest BCUT2D eigenvalue weighted by atomic mass is 9.92. The van der Waals surface area contributed by atoms with Crippen molar-refractivity contribution in [2.24, 2.45) is 0 Å². The Hall–Kier alpha value is -3.09. The van der Waals surface area contributed by atoms with E-state index < -0.39 is 0 Å². The van der Waals surface area contributed by atoms with Crippen molar-refractivity contribution < 1.29 is 4.79 Å². The first kappa shape index (κ1) is 17.0. The van der Waals surface area contributed by atoms with E-state index in [9.17, 15) is 4.79 Å². The number of amides is 1. The fourth-order valence-electron chi connectivity index (χ4n) is 3.95. The average Bonchev–Trinajstić information content (AvgIpc) is 3.50. The summed E-state index contributed by atoms with van der Waals surface area (Å²) in [6.45, 7) is 1.91. The predicted octanol–water partition coefficient (Wildman–Crippen LogP) is 3.25. The second-order valence-corrected chi connectivity index (χ2v) is 7.64. The summed E-state index contributed by atoms with van der Waals surface area (Å²) >= 11 is 0. The Kier molecular flexibility index (Phi) is 4.15. The minimum absolute atomic E-state index is 0.0534. The second kappa shape index (κ2) is 6.82. The summed E-state index contributed by atoms with van der Waals surface area (Å²) in [5.41, 5.74) is 5.38. The van der Waals surface area contributed by atoms with Gasteiger partial charge in [-0.2, -0.15) is 5.10 Å². The number of nitrogens with zero attached hydrogens (tertiary/aromatic N) is 4. The lowest BCUT2D eigenvalue weighted by Gasteiger charge is -2.25. The third-order valence-electron chi connectivity index (χ3n) is 5.57. The van der Waals surface area contributed by atoms with Crippen LogP contribution in [0.25, 0.3) is 11.4 Å². The number of carbonyl (C=O) groups is 1. The molecule has 1 fully saturated rings. The van der Waals surface area contributed by atoms with Gasteiger partial charge in [0.15, 0.2) is 5.82 Å². The van der Waals surface area contributed by atoms with Crippen molar-refractivity contribution in [3.63, 3.8) is 0 Å². The van der Waals surface area contributed by atoms with Gasteiger partial charge in [0.25, 0.3) is 5.91 Å². The molecule has 0 aromatic carbocycles. The smallest absolute Gasteiger partial charge is 0.255 e. The molecule has 3 aromatic heterocycles. The maximum Gasteiger partial charge on any atom is 0.255 e. The van der Waals surface area contributed by atoms with Crippen LogP contribution in [-0.4, -0.2) is 31.1 Å². The molecule has 3 heterocycles. The minimum atomic E-state index is -0.0689. The largest absolute Gasteiger partial charge is 0.345 e. The van der Waals surface area contributed by atoms with Gasteiger partial charge in [-0.15, -0.1) is 0 Å². The van der Waals surface area contributed by atoms with E-state index in [1.165, 1.54) is 0 Å². The quantitative estimate of drug-likeness (QED) is 0.731. The van der Waals surface area contributed by atoms with Crippen LogP contribution in [0, 0.1) is 6.92 Å². The highest BCUT2D eigenvalue weighted by Crippen LogP contribution is 2.41. The van der Waals surface area contributed by atoms with Crippen LogP contribution in [0.2, 0.25) is 0 Å². The molecular weight excluding hydrogens is 352 g/mol. The fourth-order valence-corrected chi connectivity index (χ4v) is 3.95. The van der Waals surface area contributed by atoms with Crippen molar-refractivity contribution in [2.75, 3.05) is 0 Å². The summed E-state index contributed by atoms with van der Waals surface area (Å²) in [5, 5.41) is 10.6. The molecule has 0 unspecified atom stereocenters. The molecular formula is C21H22N6O. The Morgan fingerprint density at radius 3 is 2.93 bits per heavy atom. The van der Waals surface area contributed by atoms with Crippen LogP contribution < -0.4 is 5.32 Å². The number of carbonyl (C=O) groups excluding carboxylic acids is 1. The number of aromatic nitrogens is 5. The van der Waals surface area contributed by atoms with Gasteiger partial charge >= 0.3 is 0 Å². The standard InChI is InChI=1S/C21H22N6O/c1-12-18(19(27-26-12)13-7-8-13)21(28)25-17-6-2-5-16-15(17)11-23-20(24-16)14-4-3-9-22-10-14/h3-4,9-11,13,17H,2,5-8H2,1H3,(H,25,28)(H,26,27)/t17-/m0/s1. The van der Waals surface area contributed by atoms with E-state index in [0.29, 0.717) is 17.3 Å². The number of nitrogens with one attached hydrogen (secondary N) is 2. The van der Waals surface area contributed by atoms with E-state index >= 15 is 0 Å². The number of pyridine rings is 1. The van der Waals surface area contributed by atoms with Crippen molar-refractivity contribution in [1.29, 1.82) is 0 Å². The summed E-state index contributed by atoms with van der Waals surface area (Å²) < 4.78 is 0. The summed E-state index contributed by atoms with van der Waals surface area (Å²) in [5.74, 6) is 1.05. The molecule has 2 N–H and O–H groups in total. The molecule has 3 aromatic rings. The van der Waals surface area contributed by atoms with E-state index in [1.807, 2.05) is 25.3 Å². The van der Waals surface area contributed by atoms with Crippen molar-refractivity contribution in [3.8, 4) is 11.4 Å². The normalized spacial score (nSPS) is 18.5. The van der Waals surface area contributed by atoms with Gasteiger partial charge in [0, 0.05) is 47.0 Å². The molecule has 1 amide bonds. The van der Waals surface area contributed by atoms with E-state index in [0.717, 1.165) is 60.3 Å². The van der Waals surface area contributed by atoms with Gasteiger partial charge < -0.3 is 5.32 Å². The Labute approximate surface area is 163 Å². The molecule has 7 heteroatoms. The van der Waals surface area contributed by atoms with Crippen molar-refractivity contribution in [2.45, 2.75) is 51.0 Å². The van der Waals surface area contributed by atoms with Crippen molar-refractivity contribution in [3.05, 3.63) is 58.9 Å². The molecule has 1 saturated carbocycles. The highest BCUT2D eigenvalue weighted by molar-refractivity contribution is 5.97. The fraction of sp³-hybridized carbons (Fsp3) is 0.381. The van der Waals surface area contributed by atoms with E-state index in [1.54, 1.807) is 12.4 Å². The Morgan fingerprint density at radius 2 is 2.14 bits per heavy atom. The minimum Gasteiger partial charge on any atom is -0.345 e. The number of aryl methyl sites for hydroxylation is 2. The highest BCUT2D eigenvalue weighted by Gasteiger charge is 2.33. The zero-order chi connectivity index (χ0) is 19.1. The van der Waals surface area contributed by atoms with Gasteiger partial charge in [-0.25, -0.2) is 9.97 Å². The van der Waals surface area contributed by atoms with Gasteiger partial charge in [-0.3, -0.25) is 14.9 Å². The van der Waals surface area contributed by atoms with E-state index in [4.69, 9.17) is 4.98 Å². The maximum atomic E-state index is 13.0. The van der Waals surface area contributed by atoms with Crippen LogP contribution in [0.15, 0.2) is 30.7 Å². The molecule has 0 saturated heterocycles. The molecule has 0 spiro atoms. The number of rotatable bonds is 4. The van der Waals surface area contributed by atoms with Gasteiger partial charge in [0.05, 0.1) is 17.3 Å². The molecule has 2 aliphatic carbocycles. The first-order chi connectivity index (χ1) is 13.7. The summed E-state index contributed by atoms with van der Waals surface area (Å²) in [6, 6.07) is 3.77. The number of fused-ring (bicyclic) bond motifs is 1. The lowest BCUT2D eigenvalue weighted by Crippen LogP contribution is -2.32. The third kappa shape index (κ3) is 3.06. The van der Waals surface area contributed by atoms with E-state index in [-0.39, 0.29) is 11.9 Å². The van der Waals surface area contributed by atoms with Gasteiger partial charge in [0.1, 0.15) is 0 Å². The monoisotopic (exact) mass is 374 g/mol. The molecule has 0 bridgehead atoms. The topological polar surface area (TPSA) is 96.5 Å². The van der Waals surface area contributed by atoms with Gasteiger partial charge in [-0.05, 0) is 51.2 Å². The Bertz CT molecular complexity index is 1020. The van der Waals surface area contributed by atoms with E-state index in [2.05, 4.69) is 25.5 Å². The Morgan fingerprint density at radius 1 is 1.25 bits per heavy atom. The number of hydrogen-bond acceptors (Lipinski definition) is 5. The lowest BCUT2D eigenvalue weighted by molar-refractivity contribution is 0.0931. The first-order valence-corrected chi connectivity index (χ1v) is 9.82. The average molecular weight is 374 g/mol.